The van der Waals surface area contributed by atoms with Crippen molar-refractivity contribution in [3.8, 4) is 0 Å². The van der Waals surface area contributed by atoms with Gasteiger partial charge in [-0.1, -0.05) is 29.8 Å². The minimum Gasteiger partial charge on any atom is -0.445 e. The SMILES string of the molecule is CC(O)c1c(N2CCCC(OC(N)=O)C2)n(Cc2ccccc2Cl)c2c(=O)n(C)c(=O)n(C)c12. The number of fused-ring (bicyclic) bond motifs is 1. The van der Waals surface area contributed by atoms with Gasteiger partial charge in [0, 0.05) is 31.2 Å². The normalized spacial score (nSPS) is 17.2. The fraction of sp³-hybridized carbons (Fsp3) is 0.435. The zero-order chi connectivity index (χ0) is 24.7. The number of rotatable bonds is 5. The molecule has 11 heteroatoms. The highest BCUT2D eigenvalue weighted by atomic mass is 35.5. The molecule has 3 aromatic rings. The van der Waals surface area contributed by atoms with Gasteiger partial charge in [-0.25, -0.2) is 9.59 Å². The van der Waals surface area contributed by atoms with Crippen LogP contribution in [0.4, 0.5) is 10.6 Å². The largest absolute Gasteiger partial charge is 0.445 e. The molecule has 1 aromatic carbocycles. The molecule has 1 amide bonds. The molecule has 182 valence electrons. The number of hydrogen-bond donors (Lipinski definition) is 2. The minimum absolute atomic E-state index is 0.240. The fourth-order valence-electron chi connectivity index (χ4n) is 4.80. The van der Waals surface area contributed by atoms with Crippen LogP contribution >= 0.6 is 11.6 Å². The van der Waals surface area contributed by atoms with E-state index in [2.05, 4.69) is 0 Å². The quantitative estimate of drug-likeness (QED) is 0.563. The van der Waals surface area contributed by atoms with Gasteiger partial charge in [0.2, 0.25) is 0 Å². The molecule has 0 saturated carbocycles. The maximum absolute atomic E-state index is 13.4. The van der Waals surface area contributed by atoms with Crippen molar-refractivity contribution >= 4 is 34.5 Å². The van der Waals surface area contributed by atoms with Crippen molar-refractivity contribution < 1.29 is 14.6 Å². The van der Waals surface area contributed by atoms with Gasteiger partial charge in [0.25, 0.3) is 5.56 Å². The molecule has 3 N–H and O–H groups in total. The average molecular weight is 490 g/mol. The second-order valence-corrected chi connectivity index (χ2v) is 9.05. The highest BCUT2D eigenvalue weighted by Crippen LogP contribution is 2.38. The van der Waals surface area contributed by atoms with Crippen molar-refractivity contribution in [3.05, 3.63) is 61.3 Å². The number of aliphatic hydroxyl groups excluding tert-OH is 1. The summed E-state index contributed by atoms with van der Waals surface area (Å²) >= 11 is 6.45. The molecule has 0 radical (unpaired) electrons. The number of halogens is 1. The van der Waals surface area contributed by atoms with Gasteiger partial charge < -0.3 is 25.0 Å². The van der Waals surface area contributed by atoms with Crippen molar-refractivity contribution in [3.63, 3.8) is 0 Å². The van der Waals surface area contributed by atoms with Gasteiger partial charge in [0.15, 0.2) is 0 Å². The van der Waals surface area contributed by atoms with Crippen molar-refractivity contribution in [2.75, 3.05) is 18.0 Å². The predicted molar refractivity (Wildman–Crippen MR) is 130 cm³/mol. The lowest BCUT2D eigenvalue weighted by Gasteiger charge is -2.35. The summed E-state index contributed by atoms with van der Waals surface area (Å²) in [4.78, 5) is 39.5. The van der Waals surface area contributed by atoms with Gasteiger partial charge >= 0.3 is 11.8 Å². The van der Waals surface area contributed by atoms with Gasteiger partial charge in [-0.2, -0.15) is 0 Å². The Hall–Kier alpha value is -3.24. The molecule has 0 spiro atoms. The third-order valence-corrected chi connectivity index (χ3v) is 6.70. The molecular formula is C23H28ClN5O5. The van der Waals surface area contributed by atoms with Crippen LogP contribution in [0, 0.1) is 0 Å². The van der Waals surface area contributed by atoms with Gasteiger partial charge in [-0.15, -0.1) is 0 Å². The first-order valence-electron chi connectivity index (χ1n) is 11.1. The smallest absolute Gasteiger partial charge is 0.404 e. The van der Waals surface area contributed by atoms with Crippen LogP contribution in [-0.4, -0.2) is 44.1 Å². The maximum atomic E-state index is 13.4. The predicted octanol–water partition coefficient (Wildman–Crippen LogP) is 1.86. The molecule has 1 aliphatic heterocycles. The highest BCUT2D eigenvalue weighted by Gasteiger charge is 2.32. The molecule has 1 fully saturated rings. The third kappa shape index (κ3) is 4.07. The number of hydrogen-bond acceptors (Lipinski definition) is 6. The summed E-state index contributed by atoms with van der Waals surface area (Å²) in [7, 11) is 3.01. The van der Waals surface area contributed by atoms with E-state index in [0.717, 1.165) is 10.1 Å². The van der Waals surface area contributed by atoms with Crippen molar-refractivity contribution in [1.29, 1.82) is 0 Å². The van der Waals surface area contributed by atoms with E-state index in [1.807, 2.05) is 23.1 Å². The number of amides is 1. The molecule has 2 aromatic heterocycles. The van der Waals surface area contributed by atoms with Gasteiger partial charge in [0.05, 0.1) is 24.7 Å². The van der Waals surface area contributed by atoms with E-state index in [1.165, 1.54) is 11.6 Å². The molecule has 10 nitrogen and oxygen atoms in total. The lowest BCUT2D eigenvalue weighted by molar-refractivity contribution is 0.0961. The van der Waals surface area contributed by atoms with E-state index >= 15 is 0 Å². The number of anilines is 1. The summed E-state index contributed by atoms with van der Waals surface area (Å²) in [6.45, 7) is 2.77. The molecule has 34 heavy (non-hydrogen) atoms. The monoisotopic (exact) mass is 489 g/mol. The van der Waals surface area contributed by atoms with Crippen LogP contribution in [0.2, 0.25) is 5.02 Å². The van der Waals surface area contributed by atoms with Crippen LogP contribution in [0.3, 0.4) is 0 Å². The molecule has 2 atom stereocenters. The average Bonchev–Trinajstić information content (AvgIpc) is 3.13. The van der Waals surface area contributed by atoms with Crippen LogP contribution in [0.25, 0.3) is 11.0 Å². The first kappa shape index (κ1) is 23.9. The van der Waals surface area contributed by atoms with Crippen LogP contribution < -0.4 is 21.9 Å². The molecule has 2 unspecified atom stereocenters. The minimum atomic E-state index is -0.986. The number of ether oxygens (including phenoxy) is 1. The maximum Gasteiger partial charge on any atom is 0.404 e. The number of primary amides is 1. The summed E-state index contributed by atoms with van der Waals surface area (Å²) < 4.78 is 9.50. The summed E-state index contributed by atoms with van der Waals surface area (Å²) in [6.07, 6.45) is -0.918. The Labute approximate surface area is 200 Å². The number of benzene rings is 1. The second-order valence-electron chi connectivity index (χ2n) is 8.64. The van der Waals surface area contributed by atoms with Crippen molar-refractivity contribution in [1.82, 2.24) is 13.7 Å². The molecule has 1 aliphatic rings. The Morgan fingerprint density at radius 3 is 2.59 bits per heavy atom. The molecule has 0 aliphatic carbocycles. The van der Waals surface area contributed by atoms with Crippen molar-refractivity contribution in [2.45, 2.75) is 38.5 Å². The number of carbonyl (C=O) groups excluding carboxylic acids is 1. The summed E-state index contributed by atoms with van der Waals surface area (Å²) in [5.74, 6) is 0.584. The van der Waals surface area contributed by atoms with Gasteiger partial charge in [-0.05, 0) is 31.4 Å². The standard InChI is InChI=1S/C23H28ClN5O5/c1-13(30)17-18-19(21(31)27(3)23(33)26(18)2)29(11-14-7-4-5-9-16(14)24)20(17)28-10-6-8-15(12-28)34-22(25)32/h4-5,7,9,13,15,30H,6,8,10-12H2,1-3H3,(H2,25,32). The Morgan fingerprint density at radius 2 is 1.94 bits per heavy atom. The summed E-state index contributed by atoms with van der Waals surface area (Å²) in [5, 5.41) is 11.4. The van der Waals surface area contributed by atoms with Gasteiger partial charge in [-0.3, -0.25) is 13.9 Å². The van der Waals surface area contributed by atoms with Gasteiger partial charge in [0.1, 0.15) is 17.4 Å². The number of aromatic nitrogens is 3. The van der Waals surface area contributed by atoms with E-state index in [1.54, 1.807) is 24.6 Å². The Bertz CT molecular complexity index is 1370. The number of piperidine rings is 1. The second kappa shape index (κ2) is 9.19. The Morgan fingerprint density at radius 1 is 1.24 bits per heavy atom. The van der Waals surface area contributed by atoms with E-state index < -0.39 is 29.6 Å². The molecule has 1 saturated heterocycles. The number of aliphatic hydroxyl groups is 1. The summed E-state index contributed by atoms with van der Waals surface area (Å²) in [6, 6.07) is 7.31. The highest BCUT2D eigenvalue weighted by molar-refractivity contribution is 6.31. The van der Waals surface area contributed by atoms with Crippen molar-refractivity contribution in [2.24, 2.45) is 19.8 Å². The van der Waals surface area contributed by atoms with E-state index in [0.29, 0.717) is 47.9 Å². The topological polar surface area (TPSA) is 125 Å². The van der Waals surface area contributed by atoms with Crippen LogP contribution in [-0.2, 0) is 25.4 Å². The molecule has 4 rings (SSSR count). The zero-order valence-corrected chi connectivity index (χ0v) is 20.1. The first-order valence-corrected chi connectivity index (χ1v) is 11.4. The number of nitrogens with two attached hydrogens (primary N) is 1. The summed E-state index contributed by atoms with van der Waals surface area (Å²) in [5.41, 5.74) is 6.17. The molecule has 3 heterocycles. The first-order chi connectivity index (χ1) is 16.1. The van der Waals surface area contributed by atoms with Crippen LogP contribution in [0.1, 0.15) is 37.0 Å². The number of nitrogens with zero attached hydrogens (tertiary/aromatic N) is 4. The lowest BCUT2D eigenvalue weighted by Crippen LogP contribution is -2.42. The van der Waals surface area contributed by atoms with E-state index in [9.17, 15) is 19.5 Å². The Kier molecular flexibility index (Phi) is 6.46. The molecular weight excluding hydrogens is 462 g/mol. The number of carbonyl (C=O) groups is 1. The van der Waals surface area contributed by atoms with Crippen LogP contribution in [0.5, 0.6) is 0 Å². The molecule has 0 bridgehead atoms. The van der Waals surface area contributed by atoms with E-state index in [-0.39, 0.29) is 12.1 Å². The third-order valence-electron chi connectivity index (χ3n) is 6.33. The fourth-order valence-corrected chi connectivity index (χ4v) is 5.00. The van der Waals surface area contributed by atoms with E-state index in [4.69, 9.17) is 22.1 Å². The Balaban J connectivity index is 2.04. The van der Waals surface area contributed by atoms with Crippen LogP contribution in [0.15, 0.2) is 33.9 Å². The number of aryl methyl sites for hydroxylation is 1. The zero-order valence-electron chi connectivity index (χ0n) is 19.3. The lowest BCUT2D eigenvalue weighted by atomic mass is 10.1.